The molecule has 4 rings (SSSR count). The molecule has 0 bridgehead atoms. The van der Waals surface area contributed by atoms with Crippen molar-refractivity contribution in [3.05, 3.63) is 53.7 Å². The standard InChI is InChI=1S/C21H26N4O2/c1-27-19-7-2-15(3-8-19)12-22-18-10-11-25(14-18)20-9-4-16(13-23-20)21(26)24-17-5-6-17/h2-4,7-9,13,17-18,22H,5-6,10-12,14H2,1H3,(H,24,26). The van der Waals surface area contributed by atoms with Gasteiger partial charge in [0.05, 0.1) is 12.7 Å². The Bertz CT molecular complexity index is 772. The summed E-state index contributed by atoms with van der Waals surface area (Å²) < 4.78 is 5.20. The summed E-state index contributed by atoms with van der Waals surface area (Å²) in [4.78, 5) is 18.8. The summed E-state index contributed by atoms with van der Waals surface area (Å²) in [5.74, 6) is 1.80. The number of methoxy groups -OCH3 is 1. The Labute approximate surface area is 159 Å². The minimum absolute atomic E-state index is 0.0167. The van der Waals surface area contributed by atoms with E-state index in [0.29, 0.717) is 17.6 Å². The molecule has 0 spiro atoms. The molecular weight excluding hydrogens is 340 g/mol. The number of amides is 1. The largest absolute Gasteiger partial charge is 0.497 e. The van der Waals surface area contributed by atoms with Crippen LogP contribution >= 0.6 is 0 Å². The fourth-order valence-corrected chi connectivity index (χ4v) is 3.34. The van der Waals surface area contributed by atoms with Gasteiger partial charge in [0.25, 0.3) is 5.91 Å². The molecule has 2 fully saturated rings. The monoisotopic (exact) mass is 366 g/mol. The molecule has 142 valence electrons. The highest BCUT2D eigenvalue weighted by molar-refractivity contribution is 5.94. The van der Waals surface area contributed by atoms with Crippen LogP contribution in [-0.4, -0.2) is 43.2 Å². The lowest BCUT2D eigenvalue weighted by molar-refractivity contribution is 0.0950. The van der Waals surface area contributed by atoms with Crippen LogP contribution in [0.25, 0.3) is 0 Å². The van der Waals surface area contributed by atoms with Crippen molar-refractivity contribution in [2.45, 2.75) is 37.9 Å². The van der Waals surface area contributed by atoms with Gasteiger partial charge in [0, 0.05) is 37.9 Å². The molecule has 27 heavy (non-hydrogen) atoms. The third kappa shape index (κ3) is 4.57. The number of nitrogens with one attached hydrogen (secondary N) is 2. The van der Waals surface area contributed by atoms with Crippen molar-refractivity contribution in [3.63, 3.8) is 0 Å². The van der Waals surface area contributed by atoms with Crippen molar-refractivity contribution in [2.24, 2.45) is 0 Å². The fraction of sp³-hybridized carbons (Fsp3) is 0.429. The molecule has 2 N–H and O–H groups in total. The zero-order valence-corrected chi connectivity index (χ0v) is 15.6. The average Bonchev–Trinajstić information content (AvgIpc) is 3.40. The van der Waals surface area contributed by atoms with Crippen LogP contribution in [0.4, 0.5) is 5.82 Å². The van der Waals surface area contributed by atoms with E-state index in [9.17, 15) is 4.79 Å². The molecule has 1 aliphatic carbocycles. The Balaban J connectivity index is 1.27. The Morgan fingerprint density at radius 2 is 1.96 bits per heavy atom. The molecule has 1 aliphatic heterocycles. The first-order chi connectivity index (χ1) is 13.2. The van der Waals surface area contributed by atoms with Gasteiger partial charge in [-0.25, -0.2) is 4.98 Å². The lowest BCUT2D eigenvalue weighted by Crippen LogP contribution is -2.32. The van der Waals surface area contributed by atoms with Gasteiger partial charge in [0.1, 0.15) is 11.6 Å². The number of ether oxygens (including phenoxy) is 1. The van der Waals surface area contributed by atoms with E-state index in [0.717, 1.165) is 50.5 Å². The van der Waals surface area contributed by atoms with E-state index in [2.05, 4.69) is 32.7 Å². The third-order valence-electron chi connectivity index (χ3n) is 5.19. The predicted octanol–water partition coefficient (Wildman–Crippen LogP) is 2.35. The molecule has 1 aromatic heterocycles. The number of carbonyl (C=O) groups excluding carboxylic acids is 1. The van der Waals surface area contributed by atoms with E-state index in [4.69, 9.17) is 4.74 Å². The van der Waals surface area contributed by atoms with Crippen LogP contribution < -0.4 is 20.3 Å². The number of aromatic nitrogens is 1. The number of carbonyl (C=O) groups is 1. The van der Waals surface area contributed by atoms with Crippen LogP contribution in [0.2, 0.25) is 0 Å². The van der Waals surface area contributed by atoms with Crippen LogP contribution in [-0.2, 0) is 6.54 Å². The molecule has 2 aromatic rings. The second-order valence-electron chi connectivity index (χ2n) is 7.31. The molecule has 2 aliphatic rings. The fourth-order valence-electron chi connectivity index (χ4n) is 3.34. The highest BCUT2D eigenvalue weighted by Gasteiger charge is 2.25. The van der Waals surface area contributed by atoms with E-state index in [1.807, 2.05) is 24.3 Å². The van der Waals surface area contributed by atoms with Crippen LogP contribution in [0.15, 0.2) is 42.6 Å². The molecule has 1 unspecified atom stereocenters. The van der Waals surface area contributed by atoms with Gasteiger partial charge in [0.2, 0.25) is 0 Å². The van der Waals surface area contributed by atoms with E-state index in [1.54, 1.807) is 13.3 Å². The molecule has 1 atom stereocenters. The summed E-state index contributed by atoms with van der Waals surface area (Å²) in [5, 5.41) is 6.61. The molecule has 2 heterocycles. The number of hydrogen-bond donors (Lipinski definition) is 2. The topological polar surface area (TPSA) is 66.5 Å². The van der Waals surface area contributed by atoms with E-state index in [-0.39, 0.29) is 5.91 Å². The average molecular weight is 366 g/mol. The highest BCUT2D eigenvalue weighted by atomic mass is 16.5. The SMILES string of the molecule is COc1ccc(CNC2CCN(c3ccc(C(=O)NC4CC4)cn3)C2)cc1. The molecule has 6 nitrogen and oxygen atoms in total. The molecule has 6 heteroatoms. The summed E-state index contributed by atoms with van der Waals surface area (Å²) in [6.07, 6.45) is 4.96. The van der Waals surface area contributed by atoms with E-state index < -0.39 is 0 Å². The van der Waals surface area contributed by atoms with Gasteiger partial charge in [-0.2, -0.15) is 0 Å². The van der Waals surface area contributed by atoms with Gasteiger partial charge in [-0.3, -0.25) is 4.79 Å². The zero-order valence-electron chi connectivity index (χ0n) is 15.6. The van der Waals surface area contributed by atoms with Crippen molar-refractivity contribution in [1.82, 2.24) is 15.6 Å². The second kappa shape index (κ2) is 7.96. The zero-order chi connectivity index (χ0) is 18.6. The predicted molar refractivity (Wildman–Crippen MR) is 105 cm³/mol. The molecular formula is C21H26N4O2. The Morgan fingerprint density at radius 1 is 1.15 bits per heavy atom. The van der Waals surface area contributed by atoms with E-state index in [1.165, 1.54) is 5.56 Å². The van der Waals surface area contributed by atoms with Crippen LogP contribution in [0.1, 0.15) is 35.2 Å². The minimum Gasteiger partial charge on any atom is -0.497 e. The van der Waals surface area contributed by atoms with Crippen molar-refractivity contribution >= 4 is 11.7 Å². The first-order valence-corrected chi connectivity index (χ1v) is 9.59. The first kappa shape index (κ1) is 17.8. The quantitative estimate of drug-likeness (QED) is 0.787. The van der Waals surface area contributed by atoms with Crippen molar-refractivity contribution in [1.29, 1.82) is 0 Å². The summed E-state index contributed by atoms with van der Waals surface area (Å²) in [5.41, 5.74) is 1.89. The number of nitrogens with zero attached hydrogens (tertiary/aromatic N) is 2. The lowest BCUT2D eigenvalue weighted by atomic mass is 10.2. The Kier molecular flexibility index (Phi) is 5.25. The Hall–Kier alpha value is -2.60. The molecule has 1 aromatic carbocycles. The van der Waals surface area contributed by atoms with Crippen molar-refractivity contribution in [3.8, 4) is 5.75 Å². The van der Waals surface area contributed by atoms with Gasteiger partial charge in [-0.15, -0.1) is 0 Å². The number of hydrogen-bond acceptors (Lipinski definition) is 5. The van der Waals surface area contributed by atoms with E-state index >= 15 is 0 Å². The molecule has 0 radical (unpaired) electrons. The van der Waals surface area contributed by atoms with Crippen molar-refractivity contribution in [2.75, 3.05) is 25.1 Å². The van der Waals surface area contributed by atoms with Crippen LogP contribution in [0, 0.1) is 0 Å². The van der Waals surface area contributed by atoms with Crippen LogP contribution in [0.5, 0.6) is 5.75 Å². The summed E-state index contributed by atoms with van der Waals surface area (Å²) in [7, 11) is 1.68. The summed E-state index contributed by atoms with van der Waals surface area (Å²) >= 11 is 0. The maximum Gasteiger partial charge on any atom is 0.253 e. The van der Waals surface area contributed by atoms with Gasteiger partial charge in [-0.1, -0.05) is 12.1 Å². The maximum atomic E-state index is 12.1. The van der Waals surface area contributed by atoms with Crippen LogP contribution in [0.3, 0.4) is 0 Å². The lowest BCUT2D eigenvalue weighted by Gasteiger charge is -2.18. The van der Waals surface area contributed by atoms with Gasteiger partial charge in [0.15, 0.2) is 0 Å². The second-order valence-corrected chi connectivity index (χ2v) is 7.31. The van der Waals surface area contributed by atoms with Gasteiger partial charge < -0.3 is 20.3 Å². The first-order valence-electron chi connectivity index (χ1n) is 9.59. The summed E-state index contributed by atoms with van der Waals surface area (Å²) in [6.45, 7) is 2.74. The molecule has 1 amide bonds. The van der Waals surface area contributed by atoms with Crippen molar-refractivity contribution < 1.29 is 9.53 Å². The molecule has 1 saturated heterocycles. The normalized spacial score (nSPS) is 19.1. The van der Waals surface area contributed by atoms with Gasteiger partial charge in [-0.05, 0) is 49.1 Å². The molecule has 1 saturated carbocycles. The number of pyridine rings is 1. The number of anilines is 1. The summed E-state index contributed by atoms with van der Waals surface area (Å²) in [6, 6.07) is 12.8. The smallest absolute Gasteiger partial charge is 0.253 e. The maximum absolute atomic E-state index is 12.1. The minimum atomic E-state index is -0.0167. The number of rotatable bonds is 7. The van der Waals surface area contributed by atoms with Gasteiger partial charge >= 0.3 is 0 Å². The number of benzene rings is 1. The Morgan fingerprint density at radius 3 is 2.63 bits per heavy atom. The highest BCUT2D eigenvalue weighted by Crippen LogP contribution is 2.21. The third-order valence-corrected chi connectivity index (χ3v) is 5.19.